The molecular weight excluding hydrogens is 198 g/mol. The molecule has 0 aromatic carbocycles. The first-order valence-corrected chi connectivity index (χ1v) is 4.70. The number of nitrogens with one attached hydrogen (secondary N) is 2. The third kappa shape index (κ3) is 6.03. The molecule has 0 saturated carbocycles. The Morgan fingerprint density at radius 3 is 2.47 bits per heavy atom. The van der Waals surface area contributed by atoms with Crippen molar-refractivity contribution in [2.45, 2.75) is 19.4 Å². The maximum atomic E-state index is 11.3. The number of hydrogen-bond donors (Lipinski definition) is 3. The summed E-state index contributed by atoms with van der Waals surface area (Å²) in [4.78, 5) is 22.2. The number of carbonyl (C=O) groups is 2. The molecule has 0 aliphatic heterocycles. The van der Waals surface area contributed by atoms with E-state index in [4.69, 9.17) is 10.5 Å². The van der Waals surface area contributed by atoms with Crippen LogP contribution in [-0.4, -0.2) is 44.2 Å². The van der Waals surface area contributed by atoms with Gasteiger partial charge in [-0.1, -0.05) is 0 Å². The molecule has 6 heteroatoms. The minimum absolute atomic E-state index is 0.139. The molecule has 0 aromatic rings. The van der Waals surface area contributed by atoms with Crippen molar-refractivity contribution in [1.29, 1.82) is 0 Å². The molecule has 0 aliphatic carbocycles. The van der Waals surface area contributed by atoms with E-state index in [2.05, 4.69) is 10.6 Å². The van der Waals surface area contributed by atoms with Crippen LogP contribution in [0.25, 0.3) is 0 Å². The minimum atomic E-state index is -1.01. The lowest BCUT2D eigenvalue weighted by molar-refractivity contribution is -0.129. The highest BCUT2D eigenvalue weighted by molar-refractivity contribution is 5.90. The molecule has 0 heterocycles. The first-order chi connectivity index (χ1) is 6.90. The molecule has 0 saturated heterocycles. The van der Waals surface area contributed by atoms with E-state index in [1.165, 1.54) is 0 Å². The van der Waals surface area contributed by atoms with Gasteiger partial charge in [-0.3, -0.25) is 9.59 Å². The Morgan fingerprint density at radius 1 is 1.40 bits per heavy atom. The second-order valence-corrected chi connectivity index (χ2v) is 3.71. The van der Waals surface area contributed by atoms with Gasteiger partial charge in [-0.05, 0) is 13.8 Å². The zero-order valence-electron chi connectivity index (χ0n) is 9.42. The zero-order valence-corrected chi connectivity index (χ0v) is 9.42. The quantitative estimate of drug-likeness (QED) is 0.457. The van der Waals surface area contributed by atoms with Crippen molar-refractivity contribution in [2.75, 3.05) is 26.8 Å². The Labute approximate surface area is 89.5 Å². The fourth-order valence-electron chi connectivity index (χ4n) is 0.830. The van der Waals surface area contributed by atoms with Gasteiger partial charge in [0.2, 0.25) is 11.8 Å². The third-order valence-electron chi connectivity index (χ3n) is 1.84. The normalized spacial score (nSPS) is 11.1. The first-order valence-electron chi connectivity index (χ1n) is 4.70. The number of nitrogens with two attached hydrogens (primary N) is 1. The van der Waals surface area contributed by atoms with Crippen LogP contribution in [0.5, 0.6) is 0 Å². The Bertz CT molecular complexity index is 229. The molecule has 6 nitrogen and oxygen atoms in total. The first kappa shape index (κ1) is 13.9. The summed E-state index contributed by atoms with van der Waals surface area (Å²) in [6.45, 7) is 4.37. The van der Waals surface area contributed by atoms with Crippen LogP contribution in [0, 0.1) is 0 Å². The molecule has 0 bridgehead atoms. The minimum Gasteiger partial charge on any atom is -0.383 e. The zero-order chi connectivity index (χ0) is 11.9. The van der Waals surface area contributed by atoms with Crippen LogP contribution in [0.15, 0.2) is 0 Å². The molecule has 0 fully saturated rings. The van der Waals surface area contributed by atoms with Crippen LogP contribution >= 0.6 is 0 Å². The van der Waals surface area contributed by atoms with Crippen LogP contribution < -0.4 is 16.4 Å². The van der Waals surface area contributed by atoms with Crippen molar-refractivity contribution in [3.63, 3.8) is 0 Å². The number of primary amides is 1. The fourth-order valence-corrected chi connectivity index (χ4v) is 0.830. The van der Waals surface area contributed by atoms with E-state index in [0.717, 1.165) is 0 Å². The molecular formula is C9H19N3O3. The van der Waals surface area contributed by atoms with E-state index in [1.807, 2.05) is 0 Å². The summed E-state index contributed by atoms with van der Waals surface area (Å²) in [7, 11) is 1.58. The number of carbonyl (C=O) groups excluding carboxylic acids is 2. The van der Waals surface area contributed by atoms with E-state index in [1.54, 1.807) is 21.0 Å². The van der Waals surface area contributed by atoms with E-state index in [9.17, 15) is 9.59 Å². The summed E-state index contributed by atoms with van der Waals surface area (Å²) in [5, 5.41) is 5.37. The molecule has 0 aliphatic rings. The highest BCUT2D eigenvalue weighted by atomic mass is 16.5. The van der Waals surface area contributed by atoms with Crippen molar-refractivity contribution >= 4 is 11.8 Å². The molecule has 15 heavy (non-hydrogen) atoms. The number of ether oxygens (including phenoxy) is 1. The number of hydrogen-bond acceptors (Lipinski definition) is 4. The van der Waals surface area contributed by atoms with E-state index in [0.29, 0.717) is 13.2 Å². The van der Waals surface area contributed by atoms with Crippen LogP contribution in [0.4, 0.5) is 0 Å². The van der Waals surface area contributed by atoms with Gasteiger partial charge in [-0.15, -0.1) is 0 Å². The Hall–Kier alpha value is -1.14. The lowest BCUT2D eigenvalue weighted by atomic mass is 10.1. The summed E-state index contributed by atoms with van der Waals surface area (Å²) in [5.74, 6) is -0.831. The van der Waals surface area contributed by atoms with Crippen molar-refractivity contribution < 1.29 is 14.3 Å². The van der Waals surface area contributed by atoms with Gasteiger partial charge in [0.15, 0.2) is 0 Å². The van der Waals surface area contributed by atoms with Crippen molar-refractivity contribution in [3.05, 3.63) is 0 Å². The number of methoxy groups -OCH3 is 1. The summed E-state index contributed by atoms with van der Waals surface area (Å²) >= 11 is 0. The van der Waals surface area contributed by atoms with Crippen LogP contribution in [0.1, 0.15) is 13.8 Å². The van der Waals surface area contributed by atoms with Gasteiger partial charge < -0.3 is 21.1 Å². The van der Waals surface area contributed by atoms with Crippen molar-refractivity contribution in [1.82, 2.24) is 10.6 Å². The summed E-state index contributed by atoms with van der Waals surface area (Å²) in [5.41, 5.74) is 4.09. The highest BCUT2D eigenvalue weighted by Crippen LogP contribution is 1.98. The van der Waals surface area contributed by atoms with Crippen LogP contribution in [0.3, 0.4) is 0 Å². The SMILES string of the molecule is COCCNCC(=O)NC(C)(C)C(N)=O. The predicted molar refractivity (Wildman–Crippen MR) is 56.2 cm³/mol. The average molecular weight is 217 g/mol. The van der Waals surface area contributed by atoms with Gasteiger partial charge in [-0.25, -0.2) is 0 Å². The highest BCUT2D eigenvalue weighted by Gasteiger charge is 2.26. The van der Waals surface area contributed by atoms with Gasteiger partial charge in [0.05, 0.1) is 13.2 Å². The number of amides is 2. The Kier molecular flexibility index (Phi) is 5.88. The second kappa shape index (κ2) is 6.36. The Balaban J connectivity index is 3.79. The topological polar surface area (TPSA) is 93.4 Å². The van der Waals surface area contributed by atoms with E-state index < -0.39 is 11.4 Å². The monoisotopic (exact) mass is 217 g/mol. The standard InChI is InChI=1S/C9H19N3O3/c1-9(2,8(10)14)12-7(13)6-11-4-5-15-3/h11H,4-6H2,1-3H3,(H2,10,14)(H,12,13). The van der Waals surface area contributed by atoms with Crippen LogP contribution in [-0.2, 0) is 14.3 Å². The molecule has 0 aromatic heterocycles. The lowest BCUT2D eigenvalue weighted by Crippen LogP contribution is -2.54. The van der Waals surface area contributed by atoms with Crippen molar-refractivity contribution in [3.8, 4) is 0 Å². The maximum absolute atomic E-state index is 11.3. The molecule has 0 rings (SSSR count). The largest absolute Gasteiger partial charge is 0.383 e. The van der Waals surface area contributed by atoms with Crippen molar-refractivity contribution in [2.24, 2.45) is 5.73 Å². The molecule has 88 valence electrons. The summed E-state index contributed by atoms with van der Waals surface area (Å²) < 4.78 is 4.79. The Morgan fingerprint density at radius 2 is 2.00 bits per heavy atom. The maximum Gasteiger partial charge on any atom is 0.242 e. The molecule has 2 amide bonds. The molecule has 0 unspecified atom stereocenters. The van der Waals surface area contributed by atoms with E-state index in [-0.39, 0.29) is 12.5 Å². The van der Waals surface area contributed by atoms with Crippen LogP contribution in [0.2, 0.25) is 0 Å². The number of rotatable bonds is 7. The van der Waals surface area contributed by atoms with Gasteiger partial charge in [0.25, 0.3) is 0 Å². The fraction of sp³-hybridized carbons (Fsp3) is 0.778. The lowest BCUT2D eigenvalue weighted by Gasteiger charge is -2.22. The summed E-state index contributed by atoms with van der Waals surface area (Å²) in [6.07, 6.45) is 0. The van der Waals surface area contributed by atoms with E-state index >= 15 is 0 Å². The van der Waals surface area contributed by atoms with Gasteiger partial charge in [-0.2, -0.15) is 0 Å². The van der Waals surface area contributed by atoms with Gasteiger partial charge in [0, 0.05) is 13.7 Å². The predicted octanol–water partition coefficient (Wildman–Crippen LogP) is -1.40. The van der Waals surface area contributed by atoms with Gasteiger partial charge in [0.1, 0.15) is 5.54 Å². The average Bonchev–Trinajstić information content (AvgIpc) is 2.11. The third-order valence-corrected chi connectivity index (χ3v) is 1.84. The molecule has 0 spiro atoms. The molecule has 0 atom stereocenters. The second-order valence-electron chi connectivity index (χ2n) is 3.71. The van der Waals surface area contributed by atoms with Gasteiger partial charge >= 0.3 is 0 Å². The molecule has 0 radical (unpaired) electrons. The summed E-state index contributed by atoms with van der Waals surface area (Å²) in [6, 6.07) is 0. The smallest absolute Gasteiger partial charge is 0.242 e. The molecule has 4 N–H and O–H groups in total.